The molecule has 1 heterocycles. The van der Waals surface area contributed by atoms with Gasteiger partial charge in [-0.3, -0.25) is 4.79 Å². The number of carbonyl (C=O) groups excluding carboxylic acids is 1. The van der Waals surface area contributed by atoms with Crippen LogP contribution in [0.5, 0.6) is 0 Å². The van der Waals surface area contributed by atoms with E-state index in [9.17, 15) is 4.79 Å². The van der Waals surface area contributed by atoms with Crippen molar-refractivity contribution in [1.29, 1.82) is 0 Å². The summed E-state index contributed by atoms with van der Waals surface area (Å²) in [5.74, 6) is 1.09. The Kier molecular flexibility index (Phi) is 7.57. The van der Waals surface area contributed by atoms with Crippen LogP contribution in [0.4, 0.5) is 0 Å². The molecule has 4 rings (SSSR count). The molecule has 0 atom stereocenters. The van der Waals surface area contributed by atoms with Gasteiger partial charge < -0.3 is 9.88 Å². The molecule has 32 heavy (non-hydrogen) atoms. The lowest BCUT2D eigenvalue weighted by Crippen LogP contribution is -2.24. The molecule has 0 aliphatic rings. The second-order valence-electron chi connectivity index (χ2n) is 7.98. The second kappa shape index (κ2) is 11.0. The molecule has 1 N–H and O–H groups in total. The van der Waals surface area contributed by atoms with Gasteiger partial charge in [0, 0.05) is 30.1 Å². The Labute approximate surface area is 194 Å². The van der Waals surface area contributed by atoms with Crippen LogP contribution in [0.25, 0.3) is 11.0 Å². The molecule has 0 aliphatic carbocycles. The maximum Gasteiger partial charge on any atom is 0.251 e. The SMILES string of the molecule is O=C(NCCCCCc1nc2ccccc2n1CCc1ccccc1)c1ccc(Cl)cc1. The van der Waals surface area contributed by atoms with Crippen LogP contribution in [0.1, 0.15) is 41.0 Å². The van der Waals surface area contributed by atoms with Gasteiger partial charge in [-0.1, -0.05) is 60.5 Å². The zero-order chi connectivity index (χ0) is 22.2. The number of aryl methyl sites for hydroxylation is 3. The van der Waals surface area contributed by atoms with Crippen LogP contribution in [0, 0.1) is 0 Å². The van der Waals surface area contributed by atoms with Gasteiger partial charge in [0.25, 0.3) is 5.91 Å². The predicted octanol–water partition coefficient (Wildman–Crippen LogP) is 6.08. The number of rotatable bonds is 10. The number of imidazole rings is 1. The highest BCUT2D eigenvalue weighted by molar-refractivity contribution is 6.30. The van der Waals surface area contributed by atoms with E-state index in [2.05, 4.69) is 58.4 Å². The Balaban J connectivity index is 1.28. The minimum Gasteiger partial charge on any atom is -0.352 e. The van der Waals surface area contributed by atoms with Crippen molar-refractivity contribution in [2.24, 2.45) is 0 Å². The number of para-hydroxylation sites is 2. The first-order chi connectivity index (χ1) is 15.7. The van der Waals surface area contributed by atoms with Gasteiger partial charge in [-0.25, -0.2) is 4.98 Å². The van der Waals surface area contributed by atoms with Crippen LogP contribution in [-0.2, 0) is 19.4 Å². The first-order valence-electron chi connectivity index (χ1n) is 11.2. The van der Waals surface area contributed by atoms with E-state index in [1.54, 1.807) is 24.3 Å². The first-order valence-corrected chi connectivity index (χ1v) is 11.6. The molecule has 0 bridgehead atoms. The maximum absolute atomic E-state index is 12.2. The summed E-state index contributed by atoms with van der Waals surface area (Å²) in [4.78, 5) is 17.1. The minimum atomic E-state index is -0.0515. The highest BCUT2D eigenvalue weighted by atomic mass is 35.5. The van der Waals surface area contributed by atoms with Crippen LogP contribution in [0.3, 0.4) is 0 Å². The highest BCUT2D eigenvalue weighted by Gasteiger charge is 2.10. The van der Waals surface area contributed by atoms with Crippen LogP contribution < -0.4 is 5.32 Å². The van der Waals surface area contributed by atoms with Crippen molar-refractivity contribution < 1.29 is 4.79 Å². The summed E-state index contributed by atoms with van der Waals surface area (Å²) in [6, 6.07) is 25.9. The predicted molar refractivity (Wildman–Crippen MR) is 131 cm³/mol. The number of halogens is 1. The molecule has 5 heteroatoms. The summed E-state index contributed by atoms with van der Waals surface area (Å²) in [6.45, 7) is 1.60. The van der Waals surface area contributed by atoms with Crippen LogP contribution in [-0.4, -0.2) is 22.0 Å². The molecule has 0 radical (unpaired) electrons. The Morgan fingerprint density at radius 3 is 2.41 bits per heavy atom. The fourth-order valence-corrected chi connectivity index (χ4v) is 4.07. The van der Waals surface area contributed by atoms with E-state index >= 15 is 0 Å². The molecule has 0 saturated carbocycles. The number of hydrogen-bond acceptors (Lipinski definition) is 2. The molecule has 3 aromatic carbocycles. The Morgan fingerprint density at radius 2 is 1.59 bits per heavy atom. The largest absolute Gasteiger partial charge is 0.352 e. The van der Waals surface area contributed by atoms with Gasteiger partial charge in [0.05, 0.1) is 11.0 Å². The third-order valence-electron chi connectivity index (χ3n) is 5.67. The lowest BCUT2D eigenvalue weighted by atomic mass is 10.1. The third-order valence-corrected chi connectivity index (χ3v) is 5.92. The van der Waals surface area contributed by atoms with Gasteiger partial charge in [-0.2, -0.15) is 0 Å². The van der Waals surface area contributed by atoms with Gasteiger partial charge in [0.2, 0.25) is 0 Å². The summed E-state index contributed by atoms with van der Waals surface area (Å²) in [7, 11) is 0. The van der Waals surface area contributed by atoms with E-state index in [1.165, 1.54) is 11.1 Å². The zero-order valence-electron chi connectivity index (χ0n) is 18.1. The standard InChI is InChI=1S/C27H28ClN3O/c28-23-16-14-22(15-17-23)27(32)29-19-8-2-5-13-26-30-24-11-6-7-12-25(24)31(26)20-18-21-9-3-1-4-10-21/h1,3-4,6-7,9-12,14-17H,2,5,8,13,18-20H2,(H,29,32). The fourth-order valence-electron chi connectivity index (χ4n) is 3.94. The number of hydrogen-bond donors (Lipinski definition) is 1. The van der Waals surface area contributed by atoms with Crippen LogP contribution in [0.15, 0.2) is 78.9 Å². The molecule has 0 aliphatic heterocycles. The fraction of sp³-hybridized carbons (Fsp3) is 0.259. The Morgan fingerprint density at radius 1 is 0.844 bits per heavy atom. The first kappa shape index (κ1) is 22.1. The average Bonchev–Trinajstić information content (AvgIpc) is 3.18. The number of aromatic nitrogens is 2. The molecule has 4 aromatic rings. The number of unbranched alkanes of at least 4 members (excludes halogenated alkanes) is 2. The van der Waals surface area contributed by atoms with Crippen molar-refractivity contribution in [3.63, 3.8) is 0 Å². The van der Waals surface area contributed by atoms with E-state index < -0.39 is 0 Å². The minimum absolute atomic E-state index is 0.0515. The van der Waals surface area contributed by atoms with Gasteiger partial charge in [0.15, 0.2) is 0 Å². The molecule has 0 fully saturated rings. The van der Waals surface area contributed by atoms with Crippen LogP contribution >= 0.6 is 11.6 Å². The van der Waals surface area contributed by atoms with E-state index in [4.69, 9.17) is 16.6 Å². The quantitative estimate of drug-likeness (QED) is 0.301. The van der Waals surface area contributed by atoms with Gasteiger partial charge in [-0.05, 0) is 61.2 Å². The number of benzene rings is 3. The maximum atomic E-state index is 12.2. The Hall–Kier alpha value is -3.11. The molecule has 4 nitrogen and oxygen atoms in total. The lowest BCUT2D eigenvalue weighted by Gasteiger charge is -2.10. The summed E-state index contributed by atoms with van der Waals surface area (Å²) in [6.07, 6.45) is 4.97. The Bertz CT molecular complexity index is 1150. The smallest absolute Gasteiger partial charge is 0.251 e. The number of carbonyl (C=O) groups is 1. The van der Waals surface area contributed by atoms with E-state index in [0.29, 0.717) is 17.1 Å². The van der Waals surface area contributed by atoms with Crippen molar-refractivity contribution in [3.8, 4) is 0 Å². The number of fused-ring (bicyclic) bond motifs is 1. The molecule has 0 saturated heterocycles. The summed E-state index contributed by atoms with van der Waals surface area (Å²) in [5.41, 5.74) is 4.24. The van der Waals surface area contributed by atoms with Crippen molar-refractivity contribution in [1.82, 2.24) is 14.9 Å². The number of nitrogens with one attached hydrogen (secondary N) is 1. The van der Waals surface area contributed by atoms with Crippen LogP contribution in [0.2, 0.25) is 5.02 Å². The average molecular weight is 446 g/mol. The molecule has 164 valence electrons. The topological polar surface area (TPSA) is 46.9 Å². The van der Waals surface area contributed by atoms with Gasteiger partial charge in [-0.15, -0.1) is 0 Å². The summed E-state index contributed by atoms with van der Waals surface area (Å²) >= 11 is 5.88. The van der Waals surface area contributed by atoms with Crippen molar-refractivity contribution >= 4 is 28.5 Å². The van der Waals surface area contributed by atoms with Crippen molar-refractivity contribution in [3.05, 3.63) is 101 Å². The third kappa shape index (κ3) is 5.77. The zero-order valence-corrected chi connectivity index (χ0v) is 18.9. The monoisotopic (exact) mass is 445 g/mol. The molecule has 0 spiro atoms. The van der Waals surface area contributed by atoms with E-state index in [-0.39, 0.29) is 5.91 Å². The second-order valence-corrected chi connectivity index (χ2v) is 8.41. The van der Waals surface area contributed by atoms with E-state index in [1.807, 2.05) is 6.07 Å². The molecular weight excluding hydrogens is 418 g/mol. The lowest BCUT2D eigenvalue weighted by molar-refractivity contribution is 0.0953. The summed E-state index contributed by atoms with van der Waals surface area (Å²) in [5, 5.41) is 3.62. The highest BCUT2D eigenvalue weighted by Crippen LogP contribution is 2.19. The molecular formula is C27H28ClN3O. The van der Waals surface area contributed by atoms with E-state index in [0.717, 1.165) is 50.0 Å². The van der Waals surface area contributed by atoms with Gasteiger partial charge in [0.1, 0.15) is 5.82 Å². The van der Waals surface area contributed by atoms with Crippen molar-refractivity contribution in [2.45, 2.75) is 38.6 Å². The number of amides is 1. The van der Waals surface area contributed by atoms with Crippen molar-refractivity contribution in [2.75, 3.05) is 6.54 Å². The number of nitrogens with zero attached hydrogens (tertiary/aromatic N) is 2. The van der Waals surface area contributed by atoms with Gasteiger partial charge >= 0.3 is 0 Å². The molecule has 1 aromatic heterocycles. The molecule has 1 amide bonds. The normalized spacial score (nSPS) is 11.0. The summed E-state index contributed by atoms with van der Waals surface area (Å²) < 4.78 is 2.37. The molecule has 0 unspecified atom stereocenters.